The molecule has 0 fully saturated rings. The van der Waals surface area contributed by atoms with E-state index < -0.39 is 0 Å². The first kappa shape index (κ1) is 13.7. The molecule has 4 aromatic rings. The summed E-state index contributed by atoms with van der Waals surface area (Å²) in [5.74, 6) is 0. The maximum absolute atomic E-state index is 3.62. The minimum Gasteiger partial charge on any atom is -0.353 e. The van der Waals surface area contributed by atoms with Crippen LogP contribution in [0.1, 0.15) is 5.56 Å². The minimum atomic E-state index is 1.21. The van der Waals surface area contributed by atoms with Crippen LogP contribution in [0.5, 0.6) is 0 Å². The number of hydrogen-bond acceptors (Lipinski definition) is 2. The van der Waals surface area contributed by atoms with Crippen molar-refractivity contribution in [2.24, 2.45) is 0 Å². The van der Waals surface area contributed by atoms with Gasteiger partial charge in [0.15, 0.2) is 0 Å². The zero-order valence-electron chi connectivity index (χ0n) is 12.2. The van der Waals surface area contributed by atoms with E-state index >= 15 is 0 Å². The van der Waals surface area contributed by atoms with Crippen molar-refractivity contribution in [2.45, 2.75) is 16.7 Å². The largest absolute Gasteiger partial charge is 0.353 e. The Morgan fingerprint density at radius 2 is 1.82 bits per heavy atom. The summed E-state index contributed by atoms with van der Waals surface area (Å²) < 4.78 is 0. The molecule has 0 aliphatic heterocycles. The van der Waals surface area contributed by atoms with Crippen molar-refractivity contribution in [3.8, 4) is 10.6 Å². The highest BCUT2D eigenvalue weighted by Gasteiger charge is 2.15. The van der Waals surface area contributed by atoms with Gasteiger partial charge in [-0.05, 0) is 42.1 Å². The smallest absolute Gasteiger partial charge is 0.0708 e. The Balaban J connectivity index is 1.92. The molecule has 0 spiro atoms. The molecule has 22 heavy (non-hydrogen) atoms. The Kier molecular flexibility index (Phi) is 3.53. The van der Waals surface area contributed by atoms with E-state index in [9.17, 15) is 0 Å². The molecule has 0 unspecified atom stereocenters. The standard InChI is InChI=1S/C19H15NS2/c1-13-9-10-15-16(12-13)20-18(17-8-5-11-21-17)19(15)22-14-6-3-2-4-7-14/h2-12,20H,1H3. The fourth-order valence-corrected chi connectivity index (χ4v) is 4.47. The Morgan fingerprint density at radius 3 is 2.59 bits per heavy atom. The number of aromatic nitrogens is 1. The SMILES string of the molecule is Cc1ccc2c(Sc3ccccc3)c(-c3cccs3)[nH]c2c1. The van der Waals surface area contributed by atoms with Crippen LogP contribution in [-0.4, -0.2) is 4.98 Å². The molecule has 0 aliphatic rings. The highest BCUT2D eigenvalue weighted by molar-refractivity contribution is 7.99. The molecular weight excluding hydrogens is 306 g/mol. The zero-order chi connectivity index (χ0) is 14.9. The quantitative estimate of drug-likeness (QED) is 0.464. The Hall–Kier alpha value is -1.97. The molecule has 2 aromatic heterocycles. The Morgan fingerprint density at radius 1 is 0.955 bits per heavy atom. The van der Waals surface area contributed by atoms with Gasteiger partial charge < -0.3 is 4.98 Å². The van der Waals surface area contributed by atoms with Gasteiger partial charge >= 0.3 is 0 Å². The van der Waals surface area contributed by atoms with Crippen molar-refractivity contribution in [3.05, 3.63) is 71.6 Å². The van der Waals surface area contributed by atoms with E-state index in [0.29, 0.717) is 0 Å². The molecule has 0 amide bonds. The van der Waals surface area contributed by atoms with E-state index in [4.69, 9.17) is 0 Å². The fourth-order valence-electron chi connectivity index (χ4n) is 2.59. The number of nitrogens with one attached hydrogen (secondary N) is 1. The second kappa shape index (κ2) is 5.67. The average Bonchev–Trinajstić information content (AvgIpc) is 3.16. The van der Waals surface area contributed by atoms with Crippen molar-refractivity contribution >= 4 is 34.0 Å². The molecular formula is C19H15NS2. The van der Waals surface area contributed by atoms with Crippen LogP contribution < -0.4 is 0 Å². The van der Waals surface area contributed by atoms with Crippen LogP contribution in [0.2, 0.25) is 0 Å². The van der Waals surface area contributed by atoms with Gasteiger partial charge in [0.1, 0.15) is 0 Å². The second-order valence-electron chi connectivity index (χ2n) is 5.27. The summed E-state index contributed by atoms with van der Waals surface area (Å²) >= 11 is 3.61. The maximum Gasteiger partial charge on any atom is 0.0708 e. The van der Waals surface area contributed by atoms with Gasteiger partial charge in [0.2, 0.25) is 0 Å². The summed E-state index contributed by atoms with van der Waals surface area (Å²) in [6.07, 6.45) is 0. The Labute approximate surface area is 138 Å². The van der Waals surface area contributed by atoms with E-state index in [1.807, 2.05) is 11.8 Å². The zero-order valence-corrected chi connectivity index (χ0v) is 13.8. The molecule has 108 valence electrons. The molecule has 0 atom stereocenters. The maximum atomic E-state index is 3.62. The van der Waals surface area contributed by atoms with Gasteiger partial charge in [0, 0.05) is 20.7 Å². The molecule has 0 saturated heterocycles. The summed E-state index contributed by atoms with van der Waals surface area (Å²) in [6.45, 7) is 2.13. The van der Waals surface area contributed by atoms with E-state index in [2.05, 4.69) is 78.0 Å². The van der Waals surface area contributed by atoms with Crippen molar-refractivity contribution in [1.29, 1.82) is 0 Å². The first-order chi connectivity index (χ1) is 10.8. The monoisotopic (exact) mass is 321 g/mol. The van der Waals surface area contributed by atoms with Crippen LogP contribution in [0.4, 0.5) is 0 Å². The number of fused-ring (bicyclic) bond motifs is 1. The summed E-state index contributed by atoms with van der Waals surface area (Å²) in [5.41, 5.74) is 3.72. The summed E-state index contributed by atoms with van der Waals surface area (Å²) in [4.78, 5) is 7.48. The van der Waals surface area contributed by atoms with Gasteiger partial charge in [-0.1, -0.05) is 48.2 Å². The topological polar surface area (TPSA) is 15.8 Å². The average molecular weight is 321 g/mol. The summed E-state index contributed by atoms with van der Waals surface area (Å²) in [6, 6.07) is 21.5. The lowest BCUT2D eigenvalue weighted by atomic mass is 10.2. The molecule has 0 radical (unpaired) electrons. The molecule has 2 heterocycles. The van der Waals surface area contributed by atoms with E-state index in [1.54, 1.807) is 11.3 Å². The van der Waals surface area contributed by atoms with Crippen LogP contribution in [0.15, 0.2) is 75.8 Å². The van der Waals surface area contributed by atoms with Gasteiger partial charge in [0.05, 0.1) is 10.6 Å². The number of rotatable bonds is 3. The number of H-pyrrole nitrogens is 1. The minimum absolute atomic E-state index is 1.21. The number of aromatic amines is 1. The van der Waals surface area contributed by atoms with Gasteiger partial charge in [-0.15, -0.1) is 11.3 Å². The Bertz CT molecular complexity index is 905. The molecule has 0 saturated carbocycles. The molecule has 1 N–H and O–H groups in total. The lowest BCUT2D eigenvalue weighted by Gasteiger charge is -2.03. The highest BCUT2D eigenvalue weighted by atomic mass is 32.2. The van der Waals surface area contributed by atoms with E-state index in [-0.39, 0.29) is 0 Å². The van der Waals surface area contributed by atoms with Crippen LogP contribution in [0, 0.1) is 6.92 Å². The highest BCUT2D eigenvalue weighted by Crippen LogP contribution is 2.42. The van der Waals surface area contributed by atoms with Crippen LogP contribution in [0.25, 0.3) is 21.5 Å². The first-order valence-electron chi connectivity index (χ1n) is 7.20. The number of benzene rings is 2. The molecule has 1 nitrogen and oxygen atoms in total. The lowest BCUT2D eigenvalue weighted by molar-refractivity contribution is 1.40. The molecule has 4 rings (SSSR count). The van der Waals surface area contributed by atoms with Crippen LogP contribution in [0.3, 0.4) is 0 Å². The molecule has 2 aromatic carbocycles. The van der Waals surface area contributed by atoms with Crippen molar-refractivity contribution in [3.63, 3.8) is 0 Å². The third kappa shape index (κ3) is 2.47. The van der Waals surface area contributed by atoms with Crippen molar-refractivity contribution < 1.29 is 0 Å². The number of hydrogen-bond donors (Lipinski definition) is 1. The van der Waals surface area contributed by atoms with Crippen molar-refractivity contribution in [1.82, 2.24) is 4.98 Å². The molecule has 0 aliphatic carbocycles. The number of thiophene rings is 1. The van der Waals surface area contributed by atoms with Crippen LogP contribution in [-0.2, 0) is 0 Å². The summed E-state index contributed by atoms with van der Waals surface area (Å²) in [5, 5.41) is 3.42. The lowest BCUT2D eigenvalue weighted by Crippen LogP contribution is -1.76. The van der Waals surface area contributed by atoms with Gasteiger partial charge in [-0.3, -0.25) is 0 Å². The molecule has 0 bridgehead atoms. The predicted octanol–water partition coefficient (Wildman–Crippen LogP) is 6.36. The van der Waals surface area contributed by atoms with Crippen LogP contribution >= 0.6 is 23.1 Å². The van der Waals surface area contributed by atoms with Gasteiger partial charge in [-0.25, -0.2) is 0 Å². The normalized spacial score (nSPS) is 11.1. The van der Waals surface area contributed by atoms with Crippen molar-refractivity contribution in [2.75, 3.05) is 0 Å². The fraction of sp³-hybridized carbons (Fsp3) is 0.0526. The van der Waals surface area contributed by atoms with Gasteiger partial charge in [-0.2, -0.15) is 0 Å². The van der Waals surface area contributed by atoms with Gasteiger partial charge in [0.25, 0.3) is 0 Å². The summed E-state index contributed by atoms with van der Waals surface area (Å²) in [7, 11) is 0. The third-order valence-electron chi connectivity index (χ3n) is 3.64. The predicted molar refractivity (Wildman–Crippen MR) is 96.9 cm³/mol. The van der Waals surface area contributed by atoms with E-state index in [1.165, 1.54) is 36.8 Å². The van der Waals surface area contributed by atoms with E-state index in [0.717, 1.165) is 0 Å². The molecule has 3 heteroatoms. The second-order valence-corrected chi connectivity index (χ2v) is 7.30. The third-order valence-corrected chi connectivity index (χ3v) is 5.66. The number of aryl methyl sites for hydroxylation is 1. The first-order valence-corrected chi connectivity index (χ1v) is 8.90.